The summed E-state index contributed by atoms with van der Waals surface area (Å²) in [6, 6.07) is 10.3. The maximum Gasteiger partial charge on any atom is 0.253 e. The lowest BCUT2D eigenvalue weighted by Gasteiger charge is -2.20. The molecule has 0 aliphatic heterocycles. The summed E-state index contributed by atoms with van der Waals surface area (Å²) in [5, 5.41) is 3.15. The smallest absolute Gasteiger partial charge is 0.253 e. The van der Waals surface area contributed by atoms with Gasteiger partial charge in [0.2, 0.25) is 10.0 Å². The van der Waals surface area contributed by atoms with Crippen LogP contribution in [0.15, 0.2) is 41.3 Å². The molecule has 1 N–H and O–H groups in total. The van der Waals surface area contributed by atoms with Crippen LogP contribution in [0.3, 0.4) is 0 Å². The van der Waals surface area contributed by atoms with Crippen LogP contribution >= 0.6 is 11.6 Å². The minimum Gasteiger partial charge on any atom is -0.345 e. The fraction of sp³-hybridized carbons (Fsp3) is 0.381. The van der Waals surface area contributed by atoms with Crippen LogP contribution in [0.25, 0.3) is 0 Å². The Morgan fingerprint density at radius 1 is 1.07 bits per heavy atom. The molecule has 2 aromatic carbocycles. The highest BCUT2D eigenvalue weighted by Gasteiger charge is 2.22. The number of aryl methyl sites for hydroxylation is 2. The Labute approximate surface area is 171 Å². The topological polar surface area (TPSA) is 66.5 Å². The molecule has 1 aliphatic rings. The first-order valence-corrected chi connectivity index (χ1v) is 11.2. The molecule has 0 radical (unpaired) electrons. The van der Waals surface area contributed by atoms with E-state index in [9.17, 15) is 13.2 Å². The summed E-state index contributed by atoms with van der Waals surface area (Å²) in [5.41, 5.74) is 3.91. The van der Waals surface area contributed by atoms with E-state index in [1.54, 1.807) is 0 Å². The van der Waals surface area contributed by atoms with E-state index in [0.29, 0.717) is 0 Å². The van der Waals surface area contributed by atoms with Gasteiger partial charge in [-0.05, 0) is 67.5 Å². The molecule has 1 atom stereocenters. The summed E-state index contributed by atoms with van der Waals surface area (Å²) in [7, 11) is -0.753. The van der Waals surface area contributed by atoms with E-state index in [1.807, 2.05) is 13.0 Å². The number of halogens is 1. The van der Waals surface area contributed by atoms with E-state index >= 15 is 0 Å². The van der Waals surface area contributed by atoms with Crippen LogP contribution in [0, 0.1) is 0 Å². The summed E-state index contributed by atoms with van der Waals surface area (Å²) in [5.74, 6) is -0.397. The summed E-state index contributed by atoms with van der Waals surface area (Å²) in [6.07, 6.45) is 4.60. The number of hydrogen-bond donors (Lipinski definition) is 1. The normalized spacial score (nSPS) is 15.2. The minimum atomic E-state index is -3.65. The highest BCUT2D eigenvalue weighted by atomic mass is 35.5. The summed E-state index contributed by atoms with van der Waals surface area (Å²) in [6.45, 7) is 1.91. The van der Waals surface area contributed by atoms with Crippen molar-refractivity contribution in [1.82, 2.24) is 9.62 Å². The fourth-order valence-corrected chi connectivity index (χ4v) is 4.56. The van der Waals surface area contributed by atoms with Crippen molar-refractivity contribution in [2.24, 2.45) is 0 Å². The highest BCUT2D eigenvalue weighted by Crippen LogP contribution is 2.26. The molecule has 0 aromatic heterocycles. The lowest BCUT2D eigenvalue weighted by Crippen LogP contribution is -2.28. The molecule has 0 spiro atoms. The Kier molecular flexibility index (Phi) is 6.12. The number of sulfonamides is 1. The molecule has 0 bridgehead atoms. The van der Waals surface area contributed by atoms with Crippen molar-refractivity contribution in [2.75, 3.05) is 14.1 Å². The van der Waals surface area contributed by atoms with Gasteiger partial charge in [-0.15, -0.1) is 0 Å². The molecular weight excluding hydrogens is 396 g/mol. The van der Waals surface area contributed by atoms with Gasteiger partial charge in [-0.1, -0.05) is 29.8 Å². The third kappa shape index (κ3) is 4.24. The number of hydrogen-bond acceptors (Lipinski definition) is 3. The maximum atomic E-state index is 12.8. The lowest BCUT2D eigenvalue weighted by atomic mass is 9.89. The Morgan fingerprint density at radius 2 is 1.75 bits per heavy atom. The van der Waals surface area contributed by atoms with E-state index < -0.39 is 15.9 Å². The number of benzene rings is 2. The van der Waals surface area contributed by atoms with Gasteiger partial charge >= 0.3 is 0 Å². The van der Waals surface area contributed by atoms with Gasteiger partial charge in [0.25, 0.3) is 5.91 Å². The number of nitrogens with one attached hydrogen (secondary N) is 1. The van der Waals surface area contributed by atoms with Crippen LogP contribution in [0.4, 0.5) is 0 Å². The predicted molar refractivity (Wildman–Crippen MR) is 111 cm³/mol. The molecule has 28 heavy (non-hydrogen) atoms. The van der Waals surface area contributed by atoms with Crippen molar-refractivity contribution in [1.29, 1.82) is 0 Å². The number of nitrogens with zero attached hydrogens (tertiary/aromatic N) is 1. The van der Waals surface area contributed by atoms with Gasteiger partial charge in [0.05, 0.1) is 21.5 Å². The van der Waals surface area contributed by atoms with E-state index in [1.165, 1.54) is 56.3 Å². The summed E-state index contributed by atoms with van der Waals surface area (Å²) in [4.78, 5) is 12.8. The zero-order valence-electron chi connectivity index (χ0n) is 16.3. The van der Waals surface area contributed by atoms with E-state index in [4.69, 9.17) is 11.6 Å². The molecule has 0 saturated heterocycles. The zero-order chi connectivity index (χ0) is 20.5. The SMILES string of the molecule is C[C@@H](NC(=O)c1cc(S(=O)(=O)N(C)C)ccc1Cl)c1ccc2c(c1)CCCC2. The van der Waals surface area contributed by atoms with Gasteiger partial charge in [-0.2, -0.15) is 0 Å². The van der Waals surface area contributed by atoms with Crippen LogP contribution in [0.1, 0.15) is 52.9 Å². The number of rotatable bonds is 5. The number of carbonyl (C=O) groups excluding carboxylic acids is 1. The second-order valence-electron chi connectivity index (χ2n) is 7.36. The first kappa shape index (κ1) is 20.8. The first-order chi connectivity index (χ1) is 13.2. The van der Waals surface area contributed by atoms with Gasteiger partial charge in [0.1, 0.15) is 0 Å². The molecule has 150 valence electrons. The molecule has 7 heteroatoms. The van der Waals surface area contributed by atoms with E-state index in [0.717, 1.165) is 22.7 Å². The molecule has 2 aromatic rings. The Balaban J connectivity index is 1.83. The molecule has 5 nitrogen and oxygen atoms in total. The van der Waals surface area contributed by atoms with Gasteiger partial charge in [-0.25, -0.2) is 12.7 Å². The third-order valence-electron chi connectivity index (χ3n) is 5.18. The Morgan fingerprint density at radius 3 is 2.43 bits per heavy atom. The quantitative estimate of drug-likeness (QED) is 0.796. The van der Waals surface area contributed by atoms with E-state index in [-0.39, 0.29) is 21.5 Å². The van der Waals surface area contributed by atoms with Gasteiger partial charge in [0, 0.05) is 14.1 Å². The first-order valence-electron chi connectivity index (χ1n) is 9.35. The third-order valence-corrected chi connectivity index (χ3v) is 7.32. The van der Waals surface area contributed by atoms with Crippen molar-refractivity contribution in [3.8, 4) is 0 Å². The largest absolute Gasteiger partial charge is 0.345 e. The number of fused-ring (bicyclic) bond motifs is 1. The van der Waals surface area contributed by atoms with Crippen LogP contribution in [-0.2, 0) is 22.9 Å². The van der Waals surface area contributed by atoms with Crippen LogP contribution in [0.5, 0.6) is 0 Å². The van der Waals surface area contributed by atoms with Crippen LogP contribution in [0.2, 0.25) is 5.02 Å². The average Bonchev–Trinajstić information content (AvgIpc) is 2.67. The molecule has 0 unspecified atom stereocenters. The van der Waals surface area contributed by atoms with Crippen molar-refractivity contribution in [3.05, 3.63) is 63.7 Å². The number of amides is 1. The highest BCUT2D eigenvalue weighted by molar-refractivity contribution is 7.89. The molecule has 3 rings (SSSR count). The van der Waals surface area contributed by atoms with Crippen molar-refractivity contribution in [2.45, 2.75) is 43.5 Å². The molecule has 0 saturated carbocycles. The van der Waals surface area contributed by atoms with Gasteiger partial charge < -0.3 is 5.32 Å². The summed E-state index contributed by atoms with van der Waals surface area (Å²) >= 11 is 6.18. The van der Waals surface area contributed by atoms with Crippen molar-refractivity contribution in [3.63, 3.8) is 0 Å². The Hall–Kier alpha value is -1.89. The number of carbonyl (C=O) groups is 1. The van der Waals surface area contributed by atoms with E-state index in [2.05, 4.69) is 17.4 Å². The monoisotopic (exact) mass is 420 g/mol. The molecular formula is C21H25ClN2O3S. The van der Waals surface area contributed by atoms with Crippen molar-refractivity contribution < 1.29 is 13.2 Å². The lowest BCUT2D eigenvalue weighted by molar-refractivity contribution is 0.0940. The molecule has 0 heterocycles. The molecule has 1 amide bonds. The second-order valence-corrected chi connectivity index (χ2v) is 9.92. The average molecular weight is 421 g/mol. The minimum absolute atomic E-state index is 0.0356. The van der Waals surface area contributed by atoms with Gasteiger partial charge in [-0.3, -0.25) is 4.79 Å². The second kappa shape index (κ2) is 8.23. The fourth-order valence-electron chi connectivity index (χ4n) is 3.43. The molecule has 0 fully saturated rings. The summed E-state index contributed by atoms with van der Waals surface area (Å²) < 4.78 is 25.8. The Bertz CT molecular complexity index is 1000. The maximum absolute atomic E-state index is 12.8. The standard InChI is InChI=1S/C21H25ClN2O3S/c1-14(16-9-8-15-6-4-5-7-17(15)12-16)23-21(25)19-13-18(10-11-20(19)22)28(26,27)24(2)3/h8-14H,4-7H2,1-3H3,(H,23,25)/t14-/m1/s1. The van der Waals surface area contributed by atoms with Crippen molar-refractivity contribution >= 4 is 27.5 Å². The van der Waals surface area contributed by atoms with Gasteiger partial charge in [0.15, 0.2) is 0 Å². The molecule has 1 aliphatic carbocycles. The zero-order valence-corrected chi connectivity index (χ0v) is 17.9. The van der Waals surface area contributed by atoms with Crippen LogP contribution in [-0.4, -0.2) is 32.7 Å². The predicted octanol–water partition coefficient (Wildman–Crippen LogP) is 3.96. The van der Waals surface area contributed by atoms with Crippen LogP contribution < -0.4 is 5.32 Å².